The Kier molecular flexibility index (Phi) is 5.02. The third-order valence-electron chi connectivity index (χ3n) is 3.49. The minimum atomic E-state index is -0.511. The molecular formula is C18H18N6O2. The predicted octanol–water partition coefficient (Wildman–Crippen LogP) is 1.82. The van der Waals surface area contributed by atoms with E-state index >= 15 is 0 Å². The maximum absolute atomic E-state index is 12.0. The smallest absolute Gasteiger partial charge is 0.331 e. The molecule has 2 aromatic heterocycles. The van der Waals surface area contributed by atoms with Crippen LogP contribution in [0.5, 0.6) is 0 Å². The van der Waals surface area contributed by atoms with Crippen LogP contribution >= 0.6 is 0 Å². The number of hydrogen-bond donors (Lipinski definition) is 1. The summed E-state index contributed by atoms with van der Waals surface area (Å²) in [5.41, 5.74) is 7.29. The summed E-state index contributed by atoms with van der Waals surface area (Å²) in [6.07, 6.45) is 4.73. The van der Waals surface area contributed by atoms with Gasteiger partial charge in [0.25, 0.3) is 0 Å². The summed E-state index contributed by atoms with van der Waals surface area (Å²) in [5, 5.41) is 1.000. The van der Waals surface area contributed by atoms with E-state index in [1.54, 1.807) is 31.3 Å². The molecule has 1 aromatic carbocycles. The largest absolute Gasteiger partial charge is 0.454 e. The first-order valence-corrected chi connectivity index (χ1v) is 7.89. The molecule has 2 heterocycles. The van der Waals surface area contributed by atoms with Crippen LogP contribution in [0.4, 0.5) is 11.9 Å². The van der Waals surface area contributed by atoms with E-state index in [9.17, 15) is 4.79 Å². The van der Waals surface area contributed by atoms with E-state index in [1.165, 1.54) is 6.08 Å². The Hall–Kier alpha value is -3.55. The number of aromatic nitrogens is 4. The van der Waals surface area contributed by atoms with Gasteiger partial charge in [-0.25, -0.2) is 4.79 Å². The third-order valence-corrected chi connectivity index (χ3v) is 3.49. The highest BCUT2D eigenvalue weighted by atomic mass is 16.5. The van der Waals surface area contributed by atoms with Gasteiger partial charge >= 0.3 is 5.97 Å². The van der Waals surface area contributed by atoms with Crippen molar-refractivity contribution in [2.24, 2.45) is 0 Å². The SMILES string of the molecule is CN(C)c1nc(N)nc(COC(=O)/C=C/c2cccc3cccnc23)n1. The summed E-state index contributed by atoms with van der Waals surface area (Å²) in [7, 11) is 3.57. The van der Waals surface area contributed by atoms with Crippen LogP contribution in [0.2, 0.25) is 0 Å². The Morgan fingerprint density at radius 3 is 2.81 bits per heavy atom. The van der Waals surface area contributed by atoms with Crippen molar-refractivity contribution in [1.82, 2.24) is 19.9 Å². The number of fused-ring (bicyclic) bond motifs is 1. The molecule has 2 N–H and O–H groups in total. The summed E-state index contributed by atoms with van der Waals surface area (Å²) >= 11 is 0. The average Bonchev–Trinajstić information content (AvgIpc) is 2.64. The zero-order chi connectivity index (χ0) is 18.5. The second-order valence-electron chi connectivity index (χ2n) is 5.67. The maximum Gasteiger partial charge on any atom is 0.331 e. The minimum Gasteiger partial charge on any atom is -0.454 e. The fraction of sp³-hybridized carbons (Fsp3) is 0.167. The molecule has 0 atom stereocenters. The molecule has 3 rings (SSSR count). The van der Waals surface area contributed by atoms with Crippen LogP contribution in [0.3, 0.4) is 0 Å². The van der Waals surface area contributed by atoms with E-state index in [-0.39, 0.29) is 18.4 Å². The number of carbonyl (C=O) groups excluding carboxylic acids is 1. The van der Waals surface area contributed by atoms with Gasteiger partial charge in [0.05, 0.1) is 5.52 Å². The molecule has 3 aromatic rings. The van der Waals surface area contributed by atoms with E-state index in [0.29, 0.717) is 5.95 Å². The molecule has 0 aliphatic rings. The lowest BCUT2D eigenvalue weighted by Crippen LogP contribution is -2.17. The Morgan fingerprint density at radius 2 is 2.00 bits per heavy atom. The Morgan fingerprint density at radius 1 is 1.19 bits per heavy atom. The van der Waals surface area contributed by atoms with Crippen LogP contribution in [0.15, 0.2) is 42.6 Å². The molecule has 8 heteroatoms. The first-order valence-electron chi connectivity index (χ1n) is 7.89. The van der Waals surface area contributed by atoms with Crippen LogP contribution < -0.4 is 10.6 Å². The van der Waals surface area contributed by atoms with Crippen molar-refractivity contribution in [3.8, 4) is 0 Å². The third kappa shape index (κ3) is 4.10. The highest BCUT2D eigenvalue weighted by molar-refractivity contribution is 5.92. The standard InChI is InChI=1S/C18H18N6O2/c1-24(2)18-22-14(21-17(19)23-18)11-26-15(25)9-8-13-6-3-5-12-7-4-10-20-16(12)13/h3-10H,11H2,1-2H3,(H2,19,21,22,23)/b9-8+. The molecule has 0 spiro atoms. The number of esters is 1. The number of rotatable bonds is 5. The number of hydrogen-bond acceptors (Lipinski definition) is 8. The zero-order valence-corrected chi connectivity index (χ0v) is 14.5. The van der Waals surface area contributed by atoms with E-state index in [0.717, 1.165) is 16.5 Å². The Labute approximate surface area is 150 Å². The van der Waals surface area contributed by atoms with Crippen LogP contribution in [-0.4, -0.2) is 40.0 Å². The van der Waals surface area contributed by atoms with Crippen molar-refractivity contribution >= 4 is 34.8 Å². The highest BCUT2D eigenvalue weighted by Crippen LogP contribution is 2.17. The van der Waals surface area contributed by atoms with Crippen molar-refractivity contribution < 1.29 is 9.53 Å². The quantitative estimate of drug-likeness (QED) is 0.548. The molecular weight excluding hydrogens is 332 g/mol. The number of ether oxygens (including phenoxy) is 1. The van der Waals surface area contributed by atoms with Crippen molar-refractivity contribution in [1.29, 1.82) is 0 Å². The summed E-state index contributed by atoms with van der Waals surface area (Å²) in [6.45, 7) is -0.0927. The van der Waals surface area contributed by atoms with Gasteiger partial charge in [-0.3, -0.25) is 4.98 Å². The number of para-hydroxylation sites is 1. The molecule has 0 saturated carbocycles. The molecule has 0 radical (unpaired) electrons. The Bertz CT molecular complexity index is 966. The van der Waals surface area contributed by atoms with Gasteiger partial charge in [-0.1, -0.05) is 24.3 Å². The lowest BCUT2D eigenvalue weighted by Gasteiger charge is -2.11. The topological polar surface area (TPSA) is 107 Å². The second-order valence-corrected chi connectivity index (χ2v) is 5.67. The van der Waals surface area contributed by atoms with Gasteiger partial charge in [0.15, 0.2) is 12.4 Å². The first kappa shape index (κ1) is 17.3. The number of benzene rings is 1. The second kappa shape index (κ2) is 7.56. The molecule has 0 amide bonds. The maximum atomic E-state index is 12.0. The fourth-order valence-electron chi connectivity index (χ4n) is 2.29. The molecule has 0 fully saturated rings. The molecule has 26 heavy (non-hydrogen) atoms. The lowest BCUT2D eigenvalue weighted by molar-refractivity contribution is -0.139. The van der Waals surface area contributed by atoms with Crippen molar-refractivity contribution in [3.63, 3.8) is 0 Å². The fourth-order valence-corrected chi connectivity index (χ4v) is 2.29. The number of carbonyl (C=O) groups is 1. The van der Waals surface area contributed by atoms with Crippen molar-refractivity contribution in [2.45, 2.75) is 6.61 Å². The number of nitrogens with two attached hydrogens (primary N) is 1. The van der Waals surface area contributed by atoms with Crippen LogP contribution in [0.1, 0.15) is 11.4 Å². The van der Waals surface area contributed by atoms with Gasteiger partial charge in [-0.15, -0.1) is 0 Å². The van der Waals surface area contributed by atoms with E-state index in [2.05, 4.69) is 19.9 Å². The van der Waals surface area contributed by atoms with E-state index in [1.807, 2.05) is 30.3 Å². The molecule has 0 unspecified atom stereocenters. The average molecular weight is 350 g/mol. The van der Waals surface area contributed by atoms with Crippen LogP contribution in [0.25, 0.3) is 17.0 Å². The molecule has 0 aliphatic heterocycles. The number of pyridine rings is 1. The van der Waals surface area contributed by atoms with Gasteiger partial charge < -0.3 is 15.4 Å². The zero-order valence-electron chi connectivity index (χ0n) is 14.5. The van der Waals surface area contributed by atoms with E-state index < -0.39 is 5.97 Å². The van der Waals surface area contributed by atoms with Crippen molar-refractivity contribution in [3.05, 3.63) is 54.0 Å². The number of nitrogen functional groups attached to an aromatic ring is 1. The molecule has 0 bridgehead atoms. The first-order chi connectivity index (χ1) is 12.5. The summed E-state index contributed by atoms with van der Waals surface area (Å²) in [4.78, 5) is 30.1. The monoisotopic (exact) mass is 350 g/mol. The van der Waals surface area contributed by atoms with Crippen LogP contribution in [0, 0.1) is 0 Å². The minimum absolute atomic E-state index is 0.0760. The molecule has 0 aliphatic carbocycles. The van der Waals surface area contributed by atoms with Gasteiger partial charge in [-0.2, -0.15) is 15.0 Å². The van der Waals surface area contributed by atoms with E-state index in [4.69, 9.17) is 10.5 Å². The molecule has 0 saturated heterocycles. The van der Waals surface area contributed by atoms with Gasteiger partial charge in [0, 0.05) is 37.3 Å². The predicted molar refractivity (Wildman–Crippen MR) is 99.1 cm³/mol. The van der Waals surface area contributed by atoms with Gasteiger partial charge in [-0.05, 0) is 12.1 Å². The van der Waals surface area contributed by atoms with Crippen molar-refractivity contribution in [2.75, 3.05) is 24.7 Å². The molecule has 132 valence electrons. The lowest BCUT2D eigenvalue weighted by atomic mass is 10.1. The van der Waals surface area contributed by atoms with Crippen LogP contribution in [-0.2, 0) is 16.1 Å². The molecule has 8 nitrogen and oxygen atoms in total. The summed E-state index contributed by atoms with van der Waals surface area (Å²) in [5.74, 6) is 0.256. The Balaban J connectivity index is 1.68. The normalized spacial score (nSPS) is 11.0. The van der Waals surface area contributed by atoms with Gasteiger partial charge in [0.1, 0.15) is 0 Å². The van der Waals surface area contributed by atoms with Gasteiger partial charge in [0.2, 0.25) is 11.9 Å². The highest BCUT2D eigenvalue weighted by Gasteiger charge is 2.08. The number of nitrogens with zero attached hydrogens (tertiary/aromatic N) is 5. The number of anilines is 2. The summed E-state index contributed by atoms with van der Waals surface area (Å²) in [6, 6.07) is 9.59. The summed E-state index contributed by atoms with van der Waals surface area (Å²) < 4.78 is 5.18.